The molecule has 0 fully saturated rings. The number of benzene rings is 3. The van der Waals surface area contributed by atoms with Gasteiger partial charge in [0.05, 0.1) is 12.4 Å². The Labute approximate surface area is 190 Å². The minimum absolute atomic E-state index is 0.198. The largest absolute Gasteiger partial charge is 0.506 e. The van der Waals surface area contributed by atoms with Gasteiger partial charge in [0, 0.05) is 27.3 Å². The van der Waals surface area contributed by atoms with Crippen molar-refractivity contribution in [1.82, 2.24) is 14.5 Å². The van der Waals surface area contributed by atoms with Gasteiger partial charge in [-0.05, 0) is 67.1 Å². The summed E-state index contributed by atoms with van der Waals surface area (Å²) in [4.78, 5) is 10.3. The summed E-state index contributed by atoms with van der Waals surface area (Å²) in [5.74, 6) is 0.921. The number of para-hydroxylation sites is 1. The van der Waals surface area contributed by atoms with E-state index in [-0.39, 0.29) is 5.75 Å². The van der Waals surface area contributed by atoms with Crippen LogP contribution in [0, 0.1) is 6.92 Å². The molecule has 0 aliphatic rings. The summed E-state index contributed by atoms with van der Waals surface area (Å²) < 4.78 is 10.2. The Balaban J connectivity index is 1.50. The third-order valence-corrected chi connectivity index (χ3v) is 6.50. The summed E-state index contributed by atoms with van der Waals surface area (Å²) in [6, 6.07) is 26.2. The van der Waals surface area contributed by atoms with Crippen molar-refractivity contribution in [3.63, 3.8) is 0 Å². The molecular weight excluding hydrogens is 414 g/mol. The molecule has 3 aromatic carbocycles. The zero-order valence-electron chi connectivity index (χ0n) is 18.3. The van der Waals surface area contributed by atoms with Crippen molar-refractivity contribution in [3.05, 3.63) is 96.7 Å². The number of hydrogen-bond donors (Lipinski definition) is 1. The monoisotopic (exact) mass is 434 g/mol. The Bertz CT molecular complexity index is 1690. The maximum Gasteiger partial charge on any atom is 0.142 e. The fourth-order valence-corrected chi connectivity index (χ4v) is 5.04. The van der Waals surface area contributed by atoms with Crippen LogP contribution in [0.3, 0.4) is 0 Å². The van der Waals surface area contributed by atoms with Gasteiger partial charge in [-0.2, -0.15) is 0 Å². The van der Waals surface area contributed by atoms with Crippen LogP contribution in [-0.4, -0.2) is 19.6 Å². The molecule has 3 heterocycles. The lowest BCUT2D eigenvalue weighted by Crippen LogP contribution is -1.96. The van der Waals surface area contributed by atoms with Gasteiger partial charge >= 0.3 is 0 Å². The number of hydrogen-bond acceptors (Lipinski definition) is 4. The van der Waals surface area contributed by atoms with Gasteiger partial charge in [0.1, 0.15) is 22.1 Å². The van der Waals surface area contributed by atoms with E-state index in [9.17, 15) is 5.11 Å². The van der Waals surface area contributed by atoms with Crippen LogP contribution in [0.1, 0.15) is 6.93 Å². The minimum atomic E-state index is 0.198. The molecular formula is C27H19N3OS. The Morgan fingerprint density at radius 2 is 1.78 bits per heavy atom. The van der Waals surface area contributed by atoms with Gasteiger partial charge in [-0.25, -0.2) is 9.97 Å². The van der Waals surface area contributed by atoms with E-state index in [1.165, 1.54) is 0 Å². The highest BCUT2D eigenvalue weighted by molar-refractivity contribution is 7.99. The SMILES string of the molecule is [2H]c1ccnc(-n2c3ccccc3c3ccc(Sc4ccc5cc(C)cc(O)c5n4)cc32)c1. The van der Waals surface area contributed by atoms with E-state index in [1.807, 2.05) is 37.3 Å². The van der Waals surface area contributed by atoms with Crippen LogP contribution in [0.15, 0.2) is 101 Å². The fraction of sp³-hybridized carbons (Fsp3) is 0.0370. The number of fused-ring (bicyclic) bond motifs is 4. The predicted molar refractivity (Wildman–Crippen MR) is 131 cm³/mol. The number of phenolic OH excluding ortho intramolecular Hbond substituents is 1. The van der Waals surface area contributed by atoms with Gasteiger partial charge in [-0.3, -0.25) is 4.57 Å². The van der Waals surface area contributed by atoms with Crippen molar-refractivity contribution in [2.45, 2.75) is 16.8 Å². The third kappa shape index (κ3) is 3.10. The fourth-order valence-electron chi connectivity index (χ4n) is 4.22. The first-order valence-corrected chi connectivity index (χ1v) is 11.1. The molecule has 0 unspecified atom stereocenters. The number of pyridine rings is 2. The van der Waals surface area contributed by atoms with Crippen molar-refractivity contribution in [2.75, 3.05) is 0 Å². The van der Waals surface area contributed by atoms with Crippen LogP contribution in [0.5, 0.6) is 5.75 Å². The summed E-state index contributed by atoms with van der Waals surface area (Å²) in [5.41, 5.74) is 3.69. The van der Waals surface area contributed by atoms with Crippen LogP contribution in [0.25, 0.3) is 38.5 Å². The molecule has 0 radical (unpaired) electrons. The molecule has 1 N–H and O–H groups in total. The zero-order chi connectivity index (χ0) is 22.5. The number of aromatic hydroxyl groups is 1. The van der Waals surface area contributed by atoms with E-state index in [2.05, 4.69) is 39.9 Å². The second-order valence-electron chi connectivity index (χ2n) is 7.75. The van der Waals surface area contributed by atoms with Crippen LogP contribution >= 0.6 is 11.8 Å². The van der Waals surface area contributed by atoms with Crippen LogP contribution in [-0.2, 0) is 0 Å². The van der Waals surface area contributed by atoms with Crippen molar-refractivity contribution < 1.29 is 6.48 Å². The Kier molecular flexibility index (Phi) is 4.11. The highest BCUT2D eigenvalue weighted by atomic mass is 32.2. The van der Waals surface area contributed by atoms with Gasteiger partial charge in [-0.15, -0.1) is 0 Å². The molecule has 6 rings (SSSR count). The zero-order valence-corrected chi connectivity index (χ0v) is 18.1. The summed E-state index contributed by atoms with van der Waals surface area (Å²) in [6.07, 6.45) is 1.67. The highest BCUT2D eigenvalue weighted by Crippen LogP contribution is 2.36. The molecule has 154 valence electrons. The quantitative estimate of drug-likeness (QED) is 0.329. The van der Waals surface area contributed by atoms with Gasteiger partial charge in [-0.1, -0.05) is 42.1 Å². The van der Waals surface area contributed by atoms with Gasteiger partial charge < -0.3 is 5.11 Å². The second-order valence-corrected chi connectivity index (χ2v) is 8.85. The molecule has 5 heteroatoms. The Morgan fingerprint density at radius 1 is 0.906 bits per heavy atom. The molecule has 0 saturated heterocycles. The molecule has 0 aliphatic heterocycles. The highest BCUT2D eigenvalue weighted by Gasteiger charge is 2.14. The maximum atomic E-state index is 10.4. The summed E-state index contributed by atoms with van der Waals surface area (Å²) in [7, 11) is 0. The normalized spacial score (nSPS) is 12.0. The number of phenols is 1. The summed E-state index contributed by atoms with van der Waals surface area (Å²) >= 11 is 1.55. The summed E-state index contributed by atoms with van der Waals surface area (Å²) in [6.45, 7) is 1.96. The number of aromatic nitrogens is 3. The average Bonchev–Trinajstić information content (AvgIpc) is 3.13. The molecule has 0 saturated carbocycles. The lowest BCUT2D eigenvalue weighted by Gasteiger charge is -2.08. The van der Waals surface area contributed by atoms with Gasteiger partial charge in [0.2, 0.25) is 0 Å². The van der Waals surface area contributed by atoms with Crippen LogP contribution < -0.4 is 0 Å². The molecule has 0 aliphatic carbocycles. The van der Waals surface area contributed by atoms with E-state index in [0.29, 0.717) is 11.6 Å². The summed E-state index contributed by atoms with van der Waals surface area (Å²) in [5, 5.41) is 14.4. The van der Waals surface area contributed by atoms with E-state index in [0.717, 1.165) is 48.5 Å². The Morgan fingerprint density at radius 3 is 2.69 bits per heavy atom. The van der Waals surface area contributed by atoms with Crippen LogP contribution in [0.4, 0.5) is 0 Å². The Hall–Kier alpha value is -3.83. The standard InChI is InChI=1S/C27H19N3OS/c1-17-14-18-9-12-26(29-27(18)24(31)15-17)32-19-10-11-21-20-6-2-3-7-22(20)30(23(21)16-19)25-8-4-5-13-28-25/h2-16,31H,1H3/i4D. The van der Waals surface area contributed by atoms with E-state index >= 15 is 0 Å². The van der Waals surface area contributed by atoms with Gasteiger partial charge in [0.25, 0.3) is 0 Å². The lowest BCUT2D eigenvalue weighted by molar-refractivity contribution is 0.479. The third-order valence-electron chi connectivity index (χ3n) is 5.58. The van der Waals surface area contributed by atoms with Crippen molar-refractivity contribution >= 4 is 44.5 Å². The first kappa shape index (κ1) is 17.8. The van der Waals surface area contributed by atoms with Crippen molar-refractivity contribution in [1.29, 1.82) is 0 Å². The van der Waals surface area contributed by atoms with Crippen molar-refractivity contribution in [3.8, 4) is 11.6 Å². The first-order valence-electron chi connectivity index (χ1n) is 10.8. The predicted octanol–water partition coefficient (Wildman–Crippen LogP) is 6.89. The molecule has 0 bridgehead atoms. The molecule has 0 amide bonds. The minimum Gasteiger partial charge on any atom is -0.506 e. The van der Waals surface area contributed by atoms with E-state index in [4.69, 9.17) is 6.35 Å². The topological polar surface area (TPSA) is 50.9 Å². The number of aryl methyl sites for hydroxylation is 1. The van der Waals surface area contributed by atoms with Gasteiger partial charge in [0.15, 0.2) is 0 Å². The maximum absolute atomic E-state index is 10.4. The average molecular weight is 435 g/mol. The van der Waals surface area contributed by atoms with Crippen molar-refractivity contribution in [2.24, 2.45) is 0 Å². The lowest BCUT2D eigenvalue weighted by atomic mass is 10.1. The second kappa shape index (κ2) is 7.39. The number of rotatable bonds is 3. The van der Waals surface area contributed by atoms with E-state index in [1.54, 1.807) is 36.2 Å². The molecule has 3 aromatic heterocycles. The van der Waals surface area contributed by atoms with E-state index < -0.39 is 0 Å². The smallest absolute Gasteiger partial charge is 0.142 e. The molecule has 32 heavy (non-hydrogen) atoms. The molecule has 4 nitrogen and oxygen atoms in total. The number of nitrogens with zero attached hydrogens (tertiary/aromatic N) is 3. The van der Waals surface area contributed by atoms with Crippen LogP contribution in [0.2, 0.25) is 0 Å². The first-order chi connectivity index (χ1) is 16.1. The molecule has 0 spiro atoms. The molecule has 0 atom stereocenters. The molecule has 6 aromatic rings.